The van der Waals surface area contributed by atoms with Gasteiger partial charge in [-0.05, 0) is 6.07 Å². The molecule has 0 saturated heterocycles. The summed E-state index contributed by atoms with van der Waals surface area (Å²) in [5.41, 5.74) is 2.14. The van der Waals surface area contributed by atoms with Crippen LogP contribution in [0.15, 0.2) is 24.3 Å². The number of aryl methyl sites for hydroxylation is 1. The van der Waals surface area contributed by atoms with Crippen LogP contribution in [0.1, 0.15) is 5.69 Å². The molecule has 1 aromatic heterocycles. The molecule has 0 saturated carbocycles. The molecule has 0 bridgehead atoms. The molecule has 0 fully saturated rings. The zero-order valence-corrected chi connectivity index (χ0v) is 7.30. The van der Waals surface area contributed by atoms with Gasteiger partial charge in [0.2, 0.25) is 0 Å². The first-order chi connectivity index (χ1) is 5.92. The van der Waals surface area contributed by atoms with Gasteiger partial charge in [-0.3, -0.25) is 5.10 Å². The Morgan fingerprint density at radius 2 is 2.17 bits per heavy atom. The minimum atomic E-state index is 0.631. The van der Waals surface area contributed by atoms with E-state index in [4.69, 9.17) is 11.6 Å². The number of benzene rings is 1. The van der Waals surface area contributed by atoms with Crippen molar-refractivity contribution in [1.82, 2.24) is 10.2 Å². The molecule has 2 aromatic rings. The van der Waals surface area contributed by atoms with Gasteiger partial charge in [0.05, 0.1) is 5.52 Å². The van der Waals surface area contributed by atoms with Gasteiger partial charge in [0.25, 0.3) is 0 Å². The number of nitrogens with one attached hydrogen (secondary N) is 1. The number of H-pyrrole nitrogens is 1. The van der Waals surface area contributed by atoms with Crippen molar-refractivity contribution in [2.24, 2.45) is 0 Å². The van der Waals surface area contributed by atoms with E-state index in [1.54, 1.807) is 0 Å². The number of rotatable bonds is 2. The molecule has 1 aromatic carbocycles. The largest absolute Gasteiger partial charge is 0.281 e. The minimum absolute atomic E-state index is 0.631. The van der Waals surface area contributed by atoms with Crippen molar-refractivity contribution >= 4 is 22.5 Å². The van der Waals surface area contributed by atoms with Gasteiger partial charge in [-0.2, -0.15) is 5.10 Å². The SMILES string of the molecule is ClCCc1[nH]nc2ccccc12. The van der Waals surface area contributed by atoms with Crippen LogP contribution in [0.2, 0.25) is 0 Å². The molecule has 0 aliphatic rings. The molecule has 0 atom stereocenters. The molecular formula is C9H9ClN2. The summed E-state index contributed by atoms with van der Waals surface area (Å²) in [5.74, 6) is 0.631. The van der Waals surface area contributed by atoms with Crippen LogP contribution in [0.4, 0.5) is 0 Å². The molecule has 0 spiro atoms. The Morgan fingerprint density at radius 1 is 1.33 bits per heavy atom. The summed E-state index contributed by atoms with van der Waals surface area (Å²) in [4.78, 5) is 0. The van der Waals surface area contributed by atoms with Crippen molar-refractivity contribution in [2.75, 3.05) is 5.88 Å². The highest BCUT2D eigenvalue weighted by atomic mass is 35.5. The molecule has 1 N–H and O–H groups in total. The standard InChI is InChI=1S/C9H9ClN2/c10-6-5-9-7-3-1-2-4-8(7)11-12-9/h1-4H,5-6H2,(H,11,12). The summed E-state index contributed by atoms with van der Waals surface area (Å²) in [5, 5.41) is 8.31. The summed E-state index contributed by atoms with van der Waals surface area (Å²) in [6.07, 6.45) is 0.849. The normalized spacial score (nSPS) is 10.8. The number of hydrogen-bond donors (Lipinski definition) is 1. The smallest absolute Gasteiger partial charge is 0.0923 e. The molecule has 0 radical (unpaired) electrons. The number of nitrogens with zero attached hydrogens (tertiary/aromatic N) is 1. The zero-order valence-electron chi connectivity index (χ0n) is 6.55. The summed E-state index contributed by atoms with van der Waals surface area (Å²) in [6.45, 7) is 0. The van der Waals surface area contributed by atoms with E-state index in [0.29, 0.717) is 5.88 Å². The van der Waals surface area contributed by atoms with Gasteiger partial charge in [0, 0.05) is 23.4 Å². The predicted molar refractivity (Wildman–Crippen MR) is 50.5 cm³/mol. The third kappa shape index (κ3) is 1.18. The lowest BCUT2D eigenvalue weighted by Gasteiger charge is -1.91. The fourth-order valence-electron chi connectivity index (χ4n) is 1.30. The molecule has 12 heavy (non-hydrogen) atoms. The maximum Gasteiger partial charge on any atom is 0.0923 e. The van der Waals surface area contributed by atoms with Gasteiger partial charge in [-0.25, -0.2) is 0 Å². The number of hydrogen-bond acceptors (Lipinski definition) is 1. The third-order valence-corrected chi connectivity index (χ3v) is 2.07. The van der Waals surface area contributed by atoms with Gasteiger partial charge in [-0.15, -0.1) is 11.6 Å². The van der Waals surface area contributed by atoms with E-state index in [0.717, 1.165) is 17.6 Å². The van der Waals surface area contributed by atoms with E-state index in [2.05, 4.69) is 16.3 Å². The first-order valence-electron chi connectivity index (χ1n) is 3.90. The average Bonchev–Trinajstić information content (AvgIpc) is 2.50. The first-order valence-corrected chi connectivity index (χ1v) is 4.43. The Kier molecular flexibility index (Phi) is 2.00. The van der Waals surface area contributed by atoms with E-state index in [1.165, 1.54) is 5.39 Å². The quantitative estimate of drug-likeness (QED) is 0.707. The van der Waals surface area contributed by atoms with Crippen molar-refractivity contribution in [3.63, 3.8) is 0 Å². The summed E-state index contributed by atoms with van der Waals surface area (Å²) >= 11 is 5.65. The van der Waals surface area contributed by atoms with Crippen molar-refractivity contribution in [1.29, 1.82) is 0 Å². The van der Waals surface area contributed by atoms with E-state index in [1.807, 2.05) is 18.2 Å². The molecule has 3 heteroatoms. The van der Waals surface area contributed by atoms with Gasteiger partial charge < -0.3 is 0 Å². The van der Waals surface area contributed by atoms with Crippen LogP contribution in [-0.2, 0) is 6.42 Å². The maximum absolute atomic E-state index is 5.65. The summed E-state index contributed by atoms with van der Waals surface area (Å²) in [6, 6.07) is 8.04. The number of para-hydroxylation sites is 1. The number of fused-ring (bicyclic) bond motifs is 1. The highest BCUT2D eigenvalue weighted by molar-refractivity contribution is 6.18. The Balaban J connectivity index is 2.55. The lowest BCUT2D eigenvalue weighted by Crippen LogP contribution is -1.85. The maximum atomic E-state index is 5.65. The van der Waals surface area contributed by atoms with Crippen LogP contribution < -0.4 is 0 Å². The molecule has 0 amide bonds. The number of halogens is 1. The second-order valence-electron chi connectivity index (χ2n) is 2.66. The van der Waals surface area contributed by atoms with E-state index in [9.17, 15) is 0 Å². The molecule has 1 heterocycles. The van der Waals surface area contributed by atoms with E-state index in [-0.39, 0.29) is 0 Å². The lowest BCUT2D eigenvalue weighted by atomic mass is 10.2. The zero-order chi connectivity index (χ0) is 8.39. The monoisotopic (exact) mass is 180 g/mol. The van der Waals surface area contributed by atoms with Crippen LogP contribution in [0.3, 0.4) is 0 Å². The van der Waals surface area contributed by atoms with Crippen LogP contribution in [-0.4, -0.2) is 16.1 Å². The molecule has 0 unspecified atom stereocenters. The highest BCUT2D eigenvalue weighted by Gasteiger charge is 2.01. The molecule has 2 nitrogen and oxygen atoms in total. The Morgan fingerprint density at radius 3 is 3.00 bits per heavy atom. The number of aromatic amines is 1. The number of alkyl halides is 1. The van der Waals surface area contributed by atoms with E-state index < -0.39 is 0 Å². The minimum Gasteiger partial charge on any atom is -0.281 e. The Labute approximate surface area is 75.5 Å². The molecule has 0 aliphatic heterocycles. The van der Waals surface area contributed by atoms with Crippen LogP contribution in [0, 0.1) is 0 Å². The topological polar surface area (TPSA) is 28.7 Å². The lowest BCUT2D eigenvalue weighted by molar-refractivity contribution is 0.992. The number of aromatic nitrogens is 2. The summed E-state index contributed by atoms with van der Waals surface area (Å²) in [7, 11) is 0. The molecule has 62 valence electrons. The van der Waals surface area contributed by atoms with Gasteiger partial charge in [-0.1, -0.05) is 18.2 Å². The molecular weight excluding hydrogens is 172 g/mol. The fraction of sp³-hybridized carbons (Fsp3) is 0.222. The van der Waals surface area contributed by atoms with Crippen LogP contribution >= 0.6 is 11.6 Å². The molecule has 0 aliphatic carbocycles. The van der Waals surface area contributed by atoms with Gasteiger partial charge >= 0.3 is 0 Å². The average molecular weight is 181 g/mol. The van der Waals surface area contributed by atoms with Gasteiger partial charge in [0.1, 0.15) is 0 Å². The van der Waals surface area contributed by atoms with Crippen molar-refractivity contribution in [2.45, 2.75) is 6.42 Å². The Bertz CT molecular complexity index is 381. The van der Waals surface area contributed by atoms with Crippen molar-refractivity contribution in [3.05, 3.63) is 30.0 Å². The highest BCUT2D eigenvalue weighted by Crippen LogP contribution is 2.15. The van der Waals surface area contributed by atoms with Crippen LogP contribution in [0.5, 0.6) is 0 Å². The molecule has 2 rings (SSSR count). The second kappa shape index (κ2) is 3.15. The Hall–Kier alpha value is -1.02. The van der Waals surface area contributed by atoms with Crippen LogP contribution in [0.25, 0.3) is 10.9 Å². The van der Waals surface area contributed by atoms with Gasteiger partial charge in [0.15, 0.2) is 0 Å². The first kappa shape index (κ1) is 7.62. The summed E-state index contributed by atoms with van der Waals surface area (Å²) < 4.78 is 0. The predicted octanol–water partition coefficient (Wildman–Crippen LogP) is 2.34. The van der Waals surface area contributed by atoms with Crippen molar-refractivity contribution < 1.29 is 0 Å². The van der Waals surface area contributed by atoms with E-state index >= 15 is 0 Å². The third-order valence-electron chi connectivity index (χ3n) is 1.88. The fourth-order valence-corrected chi connectivity index (χ4v) is 1.49. The van der Waals surface area contributed by atoms with Crippen molar-refractivity contribution in [3.8, 4) is 0 Å². The second-order valence-corrected chi connectivity index (χ2v) is 3.04.